The van der Waals surface area contributed by atoms with Crippen LogP contribution in [-0.2, 0) is 33.3 Å². The Bertz CT molecular complexity index is 1050. The maximum atomic E-state index is 13.1. The summed E-state index contributed by atoms with van der Waals surface area (Å²) in [5.74, 6) is -1.12. The summed E-state index contributed by atoms with van der Waals surface area (Å²) >= 11 is 0. The van der Waals surface area contributed by atoms with Crippen molar-refractivity contribution in [2.75, 3.05) is 0 Å². The first-order valence-electron chi connectivity index (χ1n) is 13.4. The van der Waals surface area contributed by atoms with Gasteiger partial charge in [-0.3, -0.25) is 9.59 Å². The van der Waals surface area contributed by atoms with Crippen LogP contribution in [0.4, 0.5) is 0 Å². The van der Waals surface area contributed by atoms with Crippen LogP contribution in [-0.4, -0.2) is 47.4 Å². The highest BCUT2D eigenvalue weighted by Gasteiger charge is 2.75. The molecule has 37 heavy (non-hydrogen) atoms. The second-order valence-corrected chi connectivity index (χ2v) is 11.6. The highest BCUT2D eigenvalue weighted by atomic mass is 16.6. The smallest absolute Gasteiger partial charge is 0.331 e. The molecule has 2 saturated carbocycles. The highest BCUT2D eigenvalue weighted by molar-refractivity contribution is 5.87. The van der Waals surface area contributed by atoms with E-state index in [0.29, 0.717) is 19.3 Å². The lowest BCUT2D eigenvalue weighted by Gasteiger charge is -2.61. The molecule has 7 unspecified atom stereocenters. The Labute approximate surface area is 219 Å². The van der Waals surface area contributed by atoms with Crippen molar-refractivity contribution in [1.29, 1.82) is 0 Å². The Morgan fingerprint density at radius 2 is 1.76 bits per heavy atom. The molecule has 0 radical (unpaired) electrons. The van der Waals surface area contributed by atoms with Crippen molar-refractivity contribution in [3.8, 4) is 0 Å². The quantitative estimate of drug-likeness (QED) is 0.280. The number of fused-ring (bicyclic) bond motifs is 1. The van der Waals surface area contributed by atoms with E-state index in [2.05, 4.69) is 20.8 Å². The second kappa shape index (κ2) is 10.2. The fourth-order valence-corrected chi connectivity index (χ4v) is 6.98. The molecule has 0 aromatic heterocycles. The third-order valence-electron chi connectivity index (χ3n) is 8.87. The van der Waals surface area contributed by atoms with Crippen molar-refractivity contribution in [2.24, 2.45) is 17.3 Å². The summed E-state index contributed by atoms with van der Waals surface area (Å²) < 4.78 is 24.9. The first-order chi connectivity index (χ1) is 17.4. The number of benzene rings is 1. The van der Waals surface area contributed by atoms with Gasteiger partial charge in [0.1, 0.15) is 12.2 Å². The van der Waals surface area contributed by atoms with E-state index in [1.807, 2.05) is 44.2 Å². The summed E-state index contributed by atoms with van der Waals surface area (Å²) in [5, 5.41) is 0. The molecule has 1 aromatic carbocycles. The van der Waals surface area contributed by atoms with Gasteiger partial charge in [-0.15, -0.1) is 0 Å². The van der Waals surface area contributed by atoms with Crippen molar-refractivity contribution in [3.63, 3.8) is 0 Å². The van der Waals surface area contributed by atoms with Crippen LogP contribution < -0.4 is 0 Å². The van der Waals surface area contributed by atoms with Gasteiger partial charge in [-0.1, -0.05) is 44.2 Å². The number of rotatable bonds is 7. The van der Waals surface area contributed by atoms with E-state index in [-0.39, 0.29) is 24.2 Å². The first-order valence-corrected chi connectivity index (χ1v) is 13.4. The molecule has 3 aliphatic rings. The molecule has 1 heterocycles. The molecule has 0 N–H and O–H groups in total. The number of carbonyl (C=O) groups excluding carboxylic acids is 3. The summed E-state index contributed by atoms with van der Waals surface area (Å²) in [6, 6.07) is 9.54. The predicted octanol–water partition coefficient (Wildman–Crippen LogP) is 5.26. The number of esters is 3. The van der Waals surface area contributed by atoms with Gasteiger partial charge in [-0.2, -0.15) is 0 Å². The van der Waals surface area contributed by atoms with E-state index >= 15 is 0 Å². The maximum absolute atomic E-state index is 13.1. The van der Waals surface area contributed by atoms with Crippen LogP contribution in [0, 0.1) is 17.3 Å². The second-order valence-electron chi connectivity index (χ2n) is 11.6. The number of ether oxygens (including phenoxy) is 4. The molecule has 4 rings (SSSR count). The molecule has 1 spiro atoms. The van der Waals surface area contributed by atoms with Crippen LogP contribution in [0.3, 0.4) is 0 Å². The van der Waals surface area contributed by atoms with Gasteiger partial charge in [0.2, 0.25) is 0 Å². The van der Waals surface area contributed by atoms with Crippen LogP contribution in [0.2, 0.25) is 0 Å². The Morgan fingerprint density at radius 1 is 1.05 bits per heavy atom. The SMILES string of the molecule is CCCC(=O)OC1CC(C)C23CC(CC(OC(=O)C=Cc4ccccc4)C2(C)C1OC(C)=O)C(C)(C)O3. The van der Waals surface area contributed by atoms with Gasteiger partial charge in [0.05, 0.1) is 16.6 Å². The van der Waals surface area contributed by atoms with Gasteiger partial charge in [0.25, 0.3) is 0 Å². The van der Waals surface area contributed by atoms with E-state index in [9.17, 15) is 14.4 Å². The van der Waals surface area contributed by atoms with Gasteiger partial charge in [-0.05, 0) is 69.9 Å². The monoisotopic (exact) mass is 512 g/mol. The van der Waals surface area contributed by atoms with E-state index in [0.717, 1.165) is 12.0 Å². The van der Waals surface area contributed by atoms with E-state index < -0.39 is 46.9 Å². The minimum Gasteiger partial charge on any atom is -0.458 e. The number of hydrogen-bond donors (Lipinski definition) is 0. The average Bonchev–Trinajstić information content (AvgIpc) is 3.07. The first kappa shape index (κ1) is 27.4. The van der Waals surface area contributed by atoms with Crippen molar-refractivity contribution in [3.05, 3.63) is 42.0 Å². The van der Waals surface area contributed by atoms with Gasteiger partial charge >= 0.3 is 17.9 Å². The van der Waals surface area contributed by atoms with Gasteiger partial charge < -0.3 is 18.9 Å². The largest absolute Gasteiger partial charge is 0.458 e. The van der Waals surface area contributed by atoms with Gasteiger partial charge in [-0.25, -0.2) is 4.79 Å². The maximum Gasteiger partial charge on any atom is 0.331 e. The Hall–Kier alpha value is -2.67. The Kier molecular flexibility index (Phi) is 7.57. The molecule has 1 saturated heterocycles. The van der Waals surface area contributed by atoms with Crippen LogP contribution in [0.15, 0.2) is 36.4 Å². The summed E-state index contributed by atoms with van der Waals surface area (Å²) in [5.41, 5.74) is -1.18. The number of hydrogen-bond acceptors (Lipinski definition) is 7. The fourth-order valence-electron chi connectivity index (χ4n) is 6.98. The summed E-state index contributed by atoms with van der Waals surface area (Å²) in [4.78, 5) is 38.0. The van der Waals surface area contributed by atoms with E-state index in [4.69, 9.17) is 18.9 Å². The molecule has 202 valence electrons. The predicted molar refractivity (Wildman–Crippen MR) is 138 cm³/mol. The van der Waals surface area contributed by atoms with Crippen molar-refractivity contribution < 1.29 is 33.3 Å². The van der Waals surface area contributed by atoms with Crippen molar-refractivity contribution in [2.45, 2.75) is 103 Å². The van der Waals surface area contributed by atoms with Gasteiger partial charge in [0, 0.05) is 19.4 Å². The van der Waals surface area contributed by atoms with Gasteiger partial charge in [0.15, 0.2) is 6.10 Å². The van der Waals surface area contributed by atoms with Crippen LogP contribution in [0.5, 0.6) is 0 Å². The minimum absolute atomic E-state index is 0.0191. The molecule has 2 aliphatic carbocycles. The minimum atomic E-state index is -0.923. The average molecular weight is 513 g/mol. The van der Waals surface area contributed by atoms with Crippen LogP contribution in [0.1, 0.15) is 79.2 Å². The normalized spacial score (nSPS) is 36.0. The molecular formula is C30H40O7. The van der Waals surface area contributed by atoms with E-state index in [1.54, 1.807) is 6.08 Å². The lowest BCUT2D eigenvalue weighted by Crippen LogP contribution is -2.71. The zero-order valence-corrected chi connectivity index (χ0v) is 22.8. The summed E-state index contributed by atoms with van der Waals surface area (Å²) in [6.07, 6.45) is 3.86. The standard InChI is InChI=1S/C30H40O7/c1-7-11-25(32)35-23-16-19(2)30-18-22(28(4,5)37-30)17-24(29(30,6)27(23)34-20(3)31)36-26(33)15-14-21-12-9-8-10-13-21/h8-10,12-15,19,22-24,27H,7,11,16-18H2,1-6H3. The Morgan fingerprint density at radius 3 is 2.41 bits per heavy atom. The van der Waals surface area contributed by atoms with E-state index in [1.165, 1.54) is 13.0 Å². The highest BCUT2D eigenvalue weighted by Crippen LogP contribution is 2.67. The molecule has 7 heteroatoms. The molecule has 7 nitrogen and oxygen atoms in total. The molecule has 1 aliphatic heterocycles. The van der Waals surface area contributed by atoms with Crippen LogP contribution in [0.25, 0.3) is 6.08 Å². The third-order valence-corrected chi connectivity index (χ3v) is 8.87. The zero-order valence-electron chi connectivity index (χ0n) is 22.8. The lowest BCUT2D eigenvalue weighted by atomic mass is 9.49. The molecule has 3 fully saturated rings. The fraction of sp³-hybridized carbons (Fsp3) is 0.633. The zero-order chi connectivity index (χ0) is 27.0. The molecule has 7 atom stereocenters. The van der Waals surface area contributed by atoms with Crippen molar-refractivity contribution in [1.82, 2.24) is 0 Å². The molecule has 0 amide bonds. The molecule has 2 bridgehead atoms. The Balaban J connectivity index is 1.72. The molecular weight excluding hydrogens is 472 g/mol. The number of carbonyl (C=O) groups is 3. The topological polar surface area (TPSA) is 88.1 Å². The third kappa shape index (κ3) is 4.95. The lowest BCUT2D eigenvalue weighted by molar-refractivity contribution is -0.284. The summed E-state index contributed by atoms with van der Waals surface area (Å²) in [7, 11) is 0. The van der Waals surface area contributed by atoms with Crippen LogP contribution >= 0.6 is 0 Å². The van der Waals surface area contributed by atoms with Crippen molar-refractivity contribution >= 4 is 24.0 Å². The summed E-state index contributed by atoms with van der Waals surface area (Å²) in [6.45, 7) is 11.5. The molecule has 1 aromatic rings.